The van der Waals surface area contributed by atoms with Crippen molar-refractivity contribution in [2.45, 2.75) is 12.8 Å². The van der Waals surface area contributed by atoms with Crippen molar-refractivity contribution in [1.29, 1.82) is 0 Å². The number of benzene rings is 2. The molecule has 0 spiro atoms. The predicted molar refractivity (Wildman–Crippen MR) is 108 cm³/mol. The molecule has 1 amide bonds. The van der Waals surface area contributed by atoms with Gasteiger partial charge in [-0.1, -0.05) is 17.7 Å². The second-order valence-electron chi connectivity index (χ2n) is 7.41. The Morgan fingerprint density at radius 1 is 1.00 bits per heavy atom. The van der Waals surface area contributed by atoms with Crippen LogP contribution in [0.2, 0.25) is 5.02 Å². The third kappa shape index (κ3) is 4.41. The number of Topliss-reactive ketones (excluding diaryl/α,β-unsaturated/α-hetero) is 1. The molecule has 2 aromatic rings. The summed E-state index contributed by atoms with van der Waals surface area (Å²) >= 11 is 5.54. The van der Waals surface area contributed by atoms with E-state index in [-0.39, 0.29) is 18.2 Å². The Morgan fingerprint density at radius 3 is 2.34 bits per heavy atom. The van der Waals surface area contributed by atoms with Gasteiger partial charge in [-0.25, -0.2) is 8.78 Å². The molecule has 29 heavy (non-hydrogen) atoms. The fourth-order valence-electron chi connectivity index (χ4n) is 3.82. The van der Waals surface area contributed by atoms with Crippen LogP contribution in [0, 0.1) is 11.6 Å². The number of carbonyl (C=O) groups excluding carboxylic acids is 2. The lowest BCUT2D eigenvalue weighted by Crippen LogP contribution is -2.48. The maximum absolute atomic E-state index is 13.7. The van der Waals surface area contributed by atoms with Crippen molar-refractivity contribution in [2.75, 3.05) is 42.9 Å². The molecule has 0 atom stereocenters. The van der Waals surface area contributed by atoms with Crippen LogP contribution in [-0.4, -0.2) is 49.3 Å². The van der Waals surface area contributed by atoms with Crippen LogP contribution in [0.25, 0.3) is 0 Å². The van der Waals surface area contributed by atoms with Crippen LogP contribution in [0.3, 0.4) is 0 Å². The number of carbonyl (C=O) groups is 2. The van der Waals surface area contributed by atoms with E-state index in [0.717, 1.165) is 11.1 Å². The summed E-state index contributed by atoms with van der Waals surface area (Å²) in [5.41, 5.74) is 3.14. The number of nitrogens with one attached hydrogen (secondary N) is 1. The maximum Gasteiger partial charge on any atom is 0.238 e. The normalized spacial score (nSPS) is 16.8. The summed E-state index contributed by atoms with van der Waals surface area (Å²) in [5, 5.41) is 2.38. The van der Waals surface area contributed by atoms with Gasteiger partial charge in [-0.3, -0.25) is 14.5 Å². The van der Waals surface area contributed by atoms with Crippen LogP contribution in [0.4, 0.5) is 20.2 Å². The van der Waals surface area contributed by atoms with Gasteiger partial charge in [0.2, 0.25) is 5.91 Å². The van der Waals surface area contributed by atoms with Crippen LogP contribution < -0.4 is 10.2 Å². The second kappa shape index (κ2) is 8.08. The smallest absolute Gasteiger partial charge is 0.238 e. The Labute approximate surface area is 172 Å². The van der Waals surface area contributed by atoms with E-state index in [1.54, 1.807) is 0 Å². The van der Waals surface area contributed by atoms with Crippen molar-refractivity contribution >= 4 is 34.7 Å². The predicted octanol–water partition coefficient (Wildman–Crippen LogP) is 3.05. The molecule has 5 nitrogen and oxygen atoms in total. The molecule has 2 aromatic carbocycles. The van der Waals surface area contributed by atoms with E-state index in [1.165, 1.54) is 12.1 Å². The quantitative estimate of drug-likeness (QED) is 0.774. The third-order valence-electron chi connectivity index (χ3n) is 5.34. The van der Waals surface area contributed by atoms with E-state index >= 15 is 0 Å². The highest BCUT2D eigenvalue weighted by Crippen LogP contribution is 2.26. The van der Waals surface area contributed by atoms with E-state index in [1.807, 2.05) is 28.0 Å². The van der Waals surface area contributed by atoms with Crippen LogP contribution in [0.1, 0.15) is 11.1 Å². The molecular weight excluding hydrogens is 400 g/mol. The highest BCUT2D eigenvalue weighted by atomic mass is 35.5. The van der Waals surface area contributed by atoms with Crippen LogP contribution in [0.15, 0.2) is 30.3 Å². The second-order valence-corrected chi connectivity index (χ2v) is 7.79. The van der Waals surface area contributed by atoms with Gasteiger partial charge in [0, 0.05) is 50.4 Å². The number of hydrogen-bond donors (Lipinski definition) is 1. The lowest BCUT2D eigenvalue weighted by Gasteiger charge is -2.35. The van der Waals surface area contributed by atoms with E-state index in [0.29, 0.717) is 50.4 Å². The summed E-state index contributed by atoms with van der Waals surface area (Å²) in [6.45, 7) is 2.52. The van der Waals surface area contributed by atoms with Gasteiger partial charge in [-0.2, -0.15) is 0 Å². The molecule has 1 aliphatic carbocycles. The Kier molecular flexibility index (Phi) is 5.52. The molecule has 1 aliphatic heterocycles. The number of ketones is 1. The van der Waals surface area contributed by atoms with E-state index < -0.39 is 16.7 Å². The van der Waals surface area contributed by atoms with E-state index in [2.05, 4.69) is 5.32 Å². The summed E-state index contributed by atoms with van der Waals surface area (Å²) in [6, 6.07) is 8.02. The van der Waals surface area contributed by atoms with Crippen LogP contribution in [-0.2, 0) is 22.4 Å². The van der Waals surface area contributed by atoms with Gasteiger partial charge in [0.25, 0.3) is 0 Å². The Morgan fingerprint density at radius 2 is 1.66 bits per heavy atom. The molecule has 2 aliphatic rings. The van der Waals surface area contributed by atoms with Gasteiger partial charge in [0.15, 0.2) is 0 Å². The topological polar surface area (TPSA) is 52.7 Å². The average molecular weight is 420 g/mol. The lowest BCUT2D eigenvalue weighted by atomic mass is 10.1. The van der Waals surface area contributed by atoms with Crippen molar-refractivity contribution in [1.82, 2.24) is 4.90 Å². The zero-order valence-electron chi connectivity index (χ0n) is 15.7. The largest absolute Gasteiger partial charge is 0.369 e. The van der Waals surface area contributed by atoms with Crippen molar-refractivity contribution in [3.8, 4) is 0 Å². The van der Waals surface area contributed by atoms with Gasteiger partial charge in [0.1, 0.15) is 22.4 Å². The first kappa shape index (κ1) is 19.8. The van der Waals surface area contributed by atoms with Gasteiger partial charge >= 0.3 is 0 Å². The Balaban J connectivity index is 1.30. The molecule has 1 heterocycles. The van der Waals surface area contributed by atoms with Crippen LogP contribution >= 0.6 is 11.6 Å². The van der Waals surface area contributed by atoms with Crippen molar-refractivity contribution < 1.29 is 18.4 Å². The first-order chi connectivity index (χ1) is 13.9. The molecule has 1 saturated heterocycles. The Bertz CT molecular complexity index is 951. The van der Waals surface area contributed by atoms with Gasteiger partial charge in [0.05, 0.1) is 6.54 Å². The first-order valence-electron chi connectivity index (χ1n) is 9.44. The summed E-state index contributed by atoms with van der Waals surface area (Å²) in [4.78, 5) is 27.8. The molecule has 152 valence electrons. The molecule has 0 radical (unpaired) electrons. The highest BCUT2D eigenvalue weighted by Gasteiger charge is 2.22. The number of halogens is 3. The maximum atomic E-state index is 13.7. The number of fused-ring (bicyclic) bond motifs is 1. The van der Waals surface area contributed by atoms with Crippen molar-refractivity contribution in [3.63, 3.8) is 0 Å². The molecule has 0 saturated carbocycles. The van der Waals surface area contributed by atoms with Crippen LogP contribution in [0.5, 0.6) is 0 Å². The standard InChI is InChI=1S/C21H20ClF2N3O2/c22-21-18(23)10-16(11-19(21)24)27-5-3-26(4-6-27)12-20(29)25-15-2-1-13-8-17(28)9-14(13)7-15/h1-2,7,10-11H,3-6,8-9,12H2,(H,25,29). The monoisotopic (exact) mass is 419 g/mol. The highest BCUT2D eigenvalue weighted by molar-refractivity contribution is 6.31. The molecule has 1 fully saturated rings. The Hall–Kier alpha value is -2.51. The van der Waals surface area contributed by atoms with Crippen molar-refractivity contribution in [2.24, 2.45) is 0 Å². The van der Waals surface area contributed by atoms with E-state index in [9.17, 15) is 18.4 Å². The number of piperazine rings is 1. The van der Waals surface area contributed by atoms with Gasteiger partial charge in [-0.05, 0) is 35.4 Å². The number of nitrogens with zero attached hydrogens (tertiary/aromatic N) is 2. The summed E-state index contributed by atoms with van der Waals surface area (Å²) in [7, 11) is 0. The molecule has 4 rings (SSSR count). The molecule has 0 unspecified atom stereocenters. The lowest BCUT2D eigenvalue weighted by molar-refractivity contribution is -0.118. The number of anilines is 2. The minimum Gasteiger partial charge on any atom is -0.369 e. The molecule has 8 heteroatoms. The zero-order valence-corrected chi connectivity index (χ0v) is 16.4. The first-order valence-corrected chi connectivity index (χ1v) is 9.82. The fraction of sp³-hybridized carbons (Fsp3) is 0.333. The molecule has 1 N–H and O–H groups in total. The minimum atomic E-state index is -0.778. The number of amides is 1. The number of hydrogen-bond acceptors (Lipinski definition) is 4. The molecular formula is C21H20ClF2N3O2. The zero-order chi connectivity index (χ0) is 20.5. The SMILES string of the molecule is O=C1Cc2ccc(NC(=O)CN3CCN(c4cc(F)c(Cl)c(F)c4)CC3)cc2C1. The molecule has 0 aromatic heterocycles. The fourth-order valence-corrected chi connectivity index (χ4v) is 3.93. The summed E-state index contributed by atoms with van der Waals surface area (Å²) < 4.78 is 27.3. The van der Waals surface area contributed by atoms with Gasteiger partial charge < -0.3 is 10.2 Å². The molecule has 0 bridgehead atoms. The van der Waals surface area contributed by atoms with E-state index in [4.69, 9.17) is 11.6 Å². The minimum absolute atomic E-state index is 0.133. The summed E-state index contributed by atoms with van der Waals surface area (Å²) in [5.74, 6) is -1.49. The van der Waals surface area contributed by atoms with Gasteiger partial charge in [-0.15, -0.1) is 0 Å². The average Bonchev–Trinajstić information content (AvgIpc) is 3.05. The summed E-state index contributed by atoms with van der Waals surface area (Å²) in [6.07, 6.45) is 0.891. The third-order valence-corrected chi connectivity index (χ3v) is 5.70. The number of rotatable bonds is 4. The van der Waals surface area contributed by atoms with Crippen molar-refractivity contribution in [3.05, 3.63) is 58.1 Å².